The molecule has 6 nitrogen and oxygen atoms in total. The van der Waals surface area contributed by atoms with Crippen LogP contribution in [0.15, 0.2) is 22.7 Å². The van der Waals surface area contributed by atoms with Crippen LogP contribution in [-0.2, 0) is 11.3 Å². The van der Waals surface area contributed by atoms with E-state index in [1.54, 1.807) is 0 Å². The Morgan fingerprint density at radius 1 is 1.30 bits per heavy atom. The molecule has 6 heteroatoms. The summed E-state index contributed by atoms with van der Waals surface area (Å²) in [7, 11) is 0. The fourth-order valence-corrected chi connectivity index (χ4v) is 3.01. The maximum Gasteiger partial charge on any atom is 0.152 e. The number of H-pyrrole nitrogens is 1. The molecule has 0 aliphatic carbocycles. The van der Waals surface area contributed by atoms with Crippen LogP contribution in [0, 0.1) is 6.92 Å². The number of aromatic amines is 1. The van der Waals surface area contributed by atoms with Gasteiger partial charge in [-0.3, -0.25) is 10.00 Å². The first-order chi connectivity index (χ1) is 11.1. The zero-order valence-corrected chi connectivity index (χ0v) is 14.2. The van der Waals surface area contributed by atoms with E-state index < -0.39 is 0 Å². The highest BCUT2D eigenvalue weighted by atomic mass is 16.5. The second-order valence-corrected chi connectivity index (χ2v) is 6.70. The third-order valence-corrected chi connectivity index (χ3v) is 4.44. The van der Waals surface area contributed by atoms with Crippen molar-refractivity contribution in [2.75, 3.05) is 32.8 Å². The number of nitrogens with zero attached hydrogens (tertiary/aromatic N) is 2. The average molecular weight is 318 g/mol. The van der Waals surface area contributed by atoms with Crippen molar-refractivity contribution in [1.29, 1.82) is 0 Å². The molecule has 0 amide bonds. The standard InChI is InChI=1S/C17H26N4O2/c1-13-4-5-15(23-13)16-14(11-19-20-16)10-18-12-17(2,3)21-6-8-22-9-7-21/h4-5,11,18H,6-10,12H2,1-3H3,(H,19,20). The lowest BCUT2D eigenvalue weighted by Crippen LogP contribution is -2.54. The van der Waals surface area contributed by atoms with Gasteiger partial charge in [-0.05, 0) is 32.9 Å². The molecule has 0 aromatic carbocycles. The smallest absolute Gasteiger partial charge is 0.152 e. The Hall–Kier alpha value is -1.63. The number of nitrogens with one attached hydrogen (secondary N) is 2. The van der Waals surface area contributed by atoms with E-state index >= 15 is 0 Å². The average Bonchev–Trinajstić information content (AvgIpc) is 3.17. The second-order valence-electron chi connectivity index (χ2n) is 6.70. The maximum absolute atomic E-state index is 5.69. The van der Waals surface area contributed by atoms with Crippen molar-refractivity contribution in [3.05, 3.63) is 29.7 Å². The Kier molecular flexibility index (Phi) is 4.84. The molecule has 1 aliphatic rings. The van der Waals surface area contributed by atoms with Crippen LogP contribution in [0.2, 0.25) is 0 Å². The van der Waals surface area contributed by atoms with Gasteiger partial charge in [-0.2, -0.15) is 5.10 Å². The van der Waals surface area contributed by atoms with Gasteiger partial charge in [-0.1, -0.05) is 0 Å². The van der Waals surface area contributed by atoms with Gasteiger partial charge in [-0.25, -0.2) is 0 Å². The zero-order valence-electron chi connectivity index (χ0n) is 14.2. The molecule has 2 aromatic rings. The Morgan fingerprint density at radius 2 is 2.09 bits per heavy atom. The summed E-state index contributed by atoms with van der Waals surface area (Å²) in [5.41, 5.74) is 2.18. The van der Waals surface area contributed by atoms with Crippen LogP contribution in [0.3, 0.4) is 0 Å². The summed E-state index contributed by atoms with van der Waals surface area (Å²) >= 11 is 0. The van der Waals surface area contributed by atoms with E-state index in [2.05, 4.69) is 34.3 Å². The summed E-state index contributed by atoms with van der Waals surface area (Å²) in [6, 6.07) is 3.94. The number of rotatable bonds is 6. The molecule has 126 valence electrons. The van der Waals surface area contributed by atoms with Gasteiger partial charge in [0.1, 0.15) is 11.5 Å². The van der Waals surface area contributed by atoms with Crippen molar-refractivity contribution < 1.29 is 9.15 Å². The molecule has 0 unspecified atom stereocenters. The first kappa shape index (κ1) is 16.2. The monoisotopic (exact) mass is 318 g/mol. The molecule has 0 radical (unpaired) electrons. The lowest BCUT2D eigenvalue weighted by atomic mass is 10.0. The van der Waals surface area contributed by atoms with Crippen molar-refractivity contribution in [1.82, 2.24) is 20.4 Å². The number of furan rings is 1. The molecule has 3 rings (SSSR count). The van der Waals surface area contributed by atoms with E-state index in [9.17, 15) is 0 Å². The first-order valence-corrected chi connectivity index (χ1v) is 8.19. The molecule has 1 aliphatic heterocycles. The highest BCUT2D eigenvalue weighted by Crippen LogP contribution is 2.23. The molecule has 23 heavy (non-hydrogen) atoms. The number of aromatic nitrogens is 2. The summed E-state index contributed by atoms with van der Waals surface area (Å²) < 4.78 is 11.1. The minimum atomic E-state index is 0.106. The van der Waals surface area contributed by atoms with Crippen LogP contribution < -0.4 is 5.32 Å². The molecule has 3 heterocycles. The largest absolute Gasteiger partial charge is 0.460 e. The minimum absolute atomic E-state index is 0.106. The van der Waals surface area contributed by atoms with Crippen molar-refractivity contribution in [2.45, 2.75) is 32.9 Å². The molecule has 2 aromatic heterocycles. The highest BCUT2D eigenvalue weighted by molar-refractivity contribution is 5.56. The summed E-state index contributed by atoms with van der Waals surface area (Å²) in [6.45, 7) is 11.8. The molecule has 0 spiro atoms. The van der Waals surface area contributed by atoms with E-state index in [1.807, 2.05) is 25.3 Å². The molecule has 1 fully saturated rings. The third-order valence-electron chi connectivity index (χ3n) is 4.44. The molecule has 2 N–H and O–H groups in total. The fraction of sp³-hybridized carbons (Fsp3) is 0.588. The third kappa shape index (κ3) is 3.83. The van der Waals surface area contributed by atoms with Crippen molar-refractivity contribution in [3.8, 4) is 11.5 Å². The fourth-order valence-electron chi connectivity index (χ4n) is 3.01. The van der Waals surface area contributed by atoms with E-state index in [1.165, 1.54) is 0 Å². The van der Waals surface area contributed by atoms with Gasteiger partial charge < -0.3 is 14.5 Å². The summed E-state index contributed by atoms with van der Waals surface area (Å²) in [4.78, 5) is 2.48. The van der Waals surface area contributed by atoms with Crippen LogP contribution in [0.5, 0.6) is 0 Å². The number of hydrogen-bond acceptors (Lipinski definition) is 5. The van der Waals surface area contributed by atoms with E-state index in [-0.39, 0.29) is 5.54 Å². The highest BCUT2D eigenvalue weighted by Gasteiger charge is 2.27. The Labute approximate surface area is 137 Å². The van der Waals surface area contributed by atoms with Crippen LogP contribution in [0.4, 0.5) is 0 Å². The van der Waals surface area contributed by atoms with Gasteiger partial charge in [0, 0.05) is 37.3 Å². The van der Waals surface area contributed by atoms with Gasteiger partial charge in [0.05, 0.1) is 19.4 Å². The number of aryl methyl sites for hydroxylation is 1. The Bertz CT molecular complexity index is 626. The molecule has 1 saturated heterocycles. The van der Waals surface area contributed by atoms with Crippen LogP contribution in [0.25, 0.3) is 11.5 Å². The minimum Gasteiger partial charge on any atom is -0.460 e. The van der Waals surface area contributed by atoms with Gasteiger partial charge in [0.2, 0.25) is 0 Å². The van der Waals surface area contributed by atoms with E-state index in [0.717, 1.165) is 62.2 Å². The molecular weight excluding hydrogens is 292 g/mol. The first-order valence-electron chi connectivity index (χ1n) is 8.19. The van der Waals surface area contributed by atoms with Crippen molar-refractivity contribution in [3.63, 3.8) is 0 Å². The van der Waals surface area contributed by atoms with Gasteiger partial charge in [0.15, 0.2) is 5.76 Å². The van der Waals surface area contributed by atoms with Crippen LogP contribution in [0.1, 0.15) is 25.2 Å². The zero-order chi connectivity index (χ0) is 16.3. The predicted octanol–water partition coefficient (Wildman–Crippen LogP) is 2.18. The van der Waals surface area contributed by atoms with Crippen molar-refractivity contribution >= 4 is 0 Å². The summed E-state index contributed by atoms with van der Waals surface area (Å²) in [5.74, 6) is 1.74. The normalized spacial score (nSPS) is 16.8. The van der Waals surface area contributed by atoms with Crippen LogP contribution >= 0.6 is 0 Å². The molecule has 0 atom stereocenters. The van der Waals surface area contributed by atoms with Gasteiger partial charge in [0.25, 0.3) is 0 Å². The topological polar surface area (TPSA) is 66.3 Å². The predicted molar refractivity (Wildman–Crippen MR) is 89.2 cm³/mol. The molecule has 0 saturated carbocycles. The SMILES string of the molecule is Cc1ccc(-c2[nH]ncc2CNCC(C)(C)N2CCOCC2)o1. The Balaban J connectivity index is 1.58. The number of hydrogen-bond donors (Lipinski definition) is 2. The quantitative estimate of drug-likeness (QED) is 0.854. The lowest BCUT2D eigenvalue weighted by Gasteiger charge is -2.41. The molecule has 0 bridgehead atoms. The van der Waals surface area contributed by atoms with E-state index in [0.29, 0.717) is 0 Å². The van der Waals surface area contributed by atoms with E-state index in [4.69, 9.17) is 9.15 Å². The second kappa shape index (κ2) is 6.86. The van der Waals surface area contributed by atoms with Crippen LogP contribution in [-0.4, -0.2) is 53.5 Å². The lowest BCUT2D eigenvalue weighted by molar-refractivity contribution is -0.00966. The summed E-state index contributed by atoms with van der Waals surface area (Å²) in [6.07, 6.45) is 1.86. The van der Waals surface area contributed by atoms with Gasteiger partial charge >= 0.3 is 0 Å². The summed E-state index contributed by atoms with van der Waals surface area (Å²) in [5, 5.41) is 10.8. The van der Waals surface area contributed by atoms with Crippen molar-refractivity contribution in [2.24, 2.45) is 0 Å². The Morgan fingerprint density at radius 3 is 2.78 bits per heavy atom. The maximum atomic E-state index is 5.69. The van der Waals surface area contributed by atoms with Gasteiger partial charge in [-0.15, -0.1) is 0 Å². The number of ether oxygens (including phenoxy) is 1. The number of morpholine rings is 1. The molecular formula is C17H26N4O2.